The Bertz CT molecular complexity index is 487. The largest absolute Gasteiger partial charge is 0.240 e. The molecule has 0 amide bonds. The number of hydrogen-bond donors (Lipinski definition) is 0. The Morgan fingerprint density at radius 3 is 1.52 bits per heavy atom. The Morgan fingerprint density at radius 1 is 0.548 bits per heavy atom. The zero-order chi connectivity index (χ0) is 22.2. The number of rotatable bonds is 23. The molecule has 0 radical (unpaired) electrons. The zero-order valence-corrected chi connectivity index (χ0v) is 22.0. The van der Waals surface area contributed by atoms with Gasteiger partial charge >= 0.3 is 0 Å². The lowest BCUT2D eigenvalue weighted by molar-refractivity contribution is -0.733. The second-order valence-corrected chi connectivity index (χ2v) is 10.6. The second kappa shape index (κ2) is 22.7. The second-order valence-electron chi connectivity index (χ2n) is 9.44. The molecule has 0 aromatic carbocycles. The number of aryl methyl sites for hydroxylation is 1. The Balaban J connectivity index is 2.00. The molecule has 31 heavy (non-hydrogen) atoms. The smallest absolute Gasteiger partial charge is 0.193 e. The van der Waals surface area contributed by atoms with Crippen LogP contribution in [0.15, 0.2) is 29.4 Å². The van der Waals surface area contributed by atoms with Crippen LogP contribution in [0.25, 0.3) is 0 Å². The van der Waals surface area contributed by atoms with Crippen LogP contribution < -0.4 is 4.57 Å². The molecular weight excluding hydrogens is 394 g/mol. The molecule has 2 heteroatoms. The van der Waals surface area contributed by atoms with E-state index in [9.17, 15) is 0 Å². The summed E-state index contributed by atoms with van der Waals surface area (Å²) in [4.78, 5) is 0. The maximum Gasteiger partial charge on any atom is 0.240 e. The van der Waals surface area contributed by atoms with Crippen LogP contribution in [0.3, 0.4) is 0 Å². The van der Waals surface area contributed by atoms with Crippen LogP contribution in [0.4, 0.5) is 0 Å². The maximum absolute atomic E-state index is 2.49. The van der Waals surface area contributed by atoms with Crippen molar-refractivity contribution in [3.63, 3.8) is 0 Å². The molecule has 180 valence electrons. The molecule has 0 saturated carbocycles. The van der Waals surface area contributed by atoms with Crippen LogP contribution in [-0.2, 0) is 6.54 Å². The van der Waals surface area contributed by atoms with E-state index in [0.717, 1.165) is 0 Å². The lowest BCUT2D eigenvalue weighted by Gasteiger charge is -2.05. The molecule has 0 aliphatic rings. The molecule has 1 aromatic rings. The zero-order valence-electron chi connectivity index (χ0n) is 21.2. The van der Waals surface area contributed by atoms with Gasteiger partial charge in [-0.25, -0.2) is 0 Å². The minimum atomic E-state index is 1.19. The first-order chi connectivity index (χ1) is 15.4. The summed E-state index contributed by atoms with van der Waals surface area (Å²) in [5.74, 6) is 1.28. The predicted octanol–water partition coefficient (Wildman–Crippen LogP) is 9.91. The lowest BCUT2D eigenvalue weighted by atomic mass is 10.1. The molecule has 0 spiro atoms. The first-order valence-electron chi connectivity index (χ1n) is 14.0. The van der Waals surface area contributed by atoms with Crippen LogP contribution in [0, 0.1) is 0 Å². The molecule has 0 unspecified atom stereocenters. The molecule has 0 aliphatic heterocycles. The van der Waals surface area contributed by atoms with Gasteiger partial charge in [-0.3, -0.25) is 0 Å². The van der Waals surface area contributed by atoms with Gasteiger partial charge in [-0.2, -0.15) is 4.57 Å². The molecule has 1 heterocycles. The van der Waals surface area contributed by atoms with Gasteiger partial charge in [0.05, 0.1) is 0 Å². The van der Waals surface area contributed by atoms with Crippen LogP contribution in [-0.4, -0.2) is 5.75 Å². The maximum atomic E-state index is 2.49. The predicted molar refractivity (Wildman–Crippen MR) is 141 cm³/mol. The lowest BCUT2D eigenvalue weighted by Crippen LogP contribution is -2.35. The molecule has 0 saturated heterocycles. The fourth-order valence-corrected chi connectivity index (χ4v) is 5.36. The van der Waals surface area contributed by atoms with Crippen molar-refractivity contribution in [1.29, 1.82) is 0 Å². The molecule has 1 nitrogen and oxygen atoms in total. The van der Waals surface area contributed by atoms with Gasteiger partial charge in [-0.05, 0) is 18.9 Å². The van der Waals surface area contributed by atoms with E-state index in [2.05, 4.69) is 54.6 Å². The van der Waals surface area contributed by atoms with E-state index < -0.39 is 0 Å². The van der Waals surface area contributed by atoms with E-state index in [1.807, 2.05) is 0 Å². The topological polar surface area (TPSA) is 3.88 Å². The Labute approximate surface area is 200 Å². The average Bonchev–Trinajstić information content (AvgIpc) is 2.79. The van der Waals surface area contributed by atoms with Gasteiger partial charge in [0.25, 0.3) is 0 Å². The normalized spacial score (nSPS) is 11.3. The van der Waals surface area contributed by atoms with Gasteiger partial charge in [0, 0.05) is 24.3 Å². The van der Waals surface area contributed by atoms with Gasteiger partial charge in [0.1, 0.15) is 6.54 Å². The molecule has 0 N–H and O–H groups in total. The summed E-state index contributed by atoms with van der Waals surface area (Å²) in [5.41, 5.74) is 0. The van der Waals surface area contributed by atoms with Gasteiger partial charge in [0.2, 0.25) is 5.03 Å². The SMILES string of the molecule is CCCCCCCCCCCCSc1cccc[n+]1CCCCCCCCCCCC. The molecule has 1 rings (SSSR count). The molecule has 0 aliphatic carbocycles. The van der Waals surface area contributed by atoms with Crippen LogP contribution in [0.1, 0.15) is 142 Å². The van der Waals surface area contributed by atoms with Gasteiger partial charge in [-0.15, -0.1) is 0 Å². The highest BCUT2D eigenvalue weighted by Crippen LogP contribution is 2.17. The first-order valence-corrected chi connectivity index (χ1v) is 15.0. The monoisotopic (exact) mass is 448 g/mol. The summed E-state index contributed by atoms with van der Waals surface area (Å²) in [6.07, 6.45) is 30.7. The van der Waals surface area contributed by atoms with Crippen molar-refractivity contribution in [3.8, 4) is 0 Å². The summed E-state index contributed by atoms with van der Waals surface area (Å²) in [6, 6.07) is 6.72. The average molecular weight is 449 g/mol. The van der Waals surface area contributed by atoms with E-state index in [0.29, 0.717) is 0 Å². The summed E-state index contributed by atoms with van der Waals surface area (Å²) >= 11 is 2.07. The Morgan fingerprint density at radius 2 is 1.00 bits per heavy atom. The fourth-order valence-electron chi connectivity index (χ4n) is 4.31. The van der Waals surface area contributed by atoms with E-state index in [4.69, 9.17) is 0 Å². The summed E-state index contributed by atoms with van der Waals surface area (Å²) in [5, 5.41) is 1.47. The Kier molecular flexibility index (Phi) is 20.9. The number of thioether (sulfide) groups is 1. The van der Waals surface area contributed by atoms with Crippen molar-refractivity contribution in [2.75, 3.05) is 5.75 Å². The van der Waals surface area contributed by atoms with Crippen LogP contribution >= 0.6 is 11.8 Å². The highest BCUT2D eigenvalue weighted by molar-refractivity contribution is 7.99. The number of unbranched alkanes of at least 4 members (excludes halogenated alkanes) is 18. The van der Waals surface area contributed by atoms with Crippen molar-refractivity contribution < 1.29 is 4.57 Å². The molecule has 0 bridgehead atoms. The van der Waals surface area contributed by atoms with E-state index in [-0.39, 0.29) is 0 Å². The van der Waals surface area contributed by atoms with Crippen molar-refractivity contribution >= 4 is 11.8 Å². The third kappa shape index (κ3) is 17.7. The highest BCUT2D eigenvalue weighted by Gasteiger charge is 2.09. The quantitative estimate of drug-likeness (QED) is 0.0914. The van der Waals surface area contributed by atoms with E-state index in [1.165, 1.54) is 146 Å². The first kappa shape index (κ1) is 28.5. The number of pyridine rings is 1. The van der Waals surface area contributed by atoms with Crippen molar-refractivity contribution in [3.05, 3.63) is 24.4 Å². The number of aromatic nitrogens is 1. The van der Waals surface area contributed by atoms with Crippen LogP contribution in [0.2, 0.25) is 0 Å². The van der Waals surface area contributed by atoms with E-state index >= 15 is 0 Å². The van der Waals surface area contributed by atoms with Gasteiger partial charge in [-0.1, -0.05) is 135 Å². The molecule has 1 aromatic heterocycles. The number of hydrogen-bond acceptors (Lipinski definition) is 1. The standard InChI is InChI=1S/C29H54NS/c1-3-5-7-9-11-13-15-17-19-22-26-30-27-23-21-25-29(30)31-28-24-20-18-16-14-12-10-8-6-4-2/h21,23,25,27H,3-20,22,24,26,28H2,1-2H3/q+1. The molecule has 0 fully saturated rings. The Hall–Kier alpha value is -0.500. The third-order valence-corrected chi connectivity index (χ3v) is 7.56. The summed E-state index contributed by atoms with van der Waals surface area (Å²) in [7, 11) is 0. The fraction of sp³-hybridized carbons (Fsp3) is 0.828. The molecular formula is C29H54NS+. The van der Waals surface area contributed by atoms with Crippen molar-refractivity contribution in [2.45, 2.75) is 154 Å². The van der Waals surface area contributed by atoms with Gasteiger partial charge in [0.15, 0.2) is 6.20 Å². The molecule has 0 atom stereocenters. The third-order valence-electron chi connectivity index (χ3n) is 6.40. The minimum absolute atomic E-state index is 1.19. The van der Waals surface area contributed by atoms with Gasteiger partial charge < -0.3 is 0 Å². The van der Waals surface area contributed by atoms with Crippen LogP contribution in [0.5, 0.6) is 0 Å². The summed E-state index contributed by atoms with van der Waals surface area (Å²) < 4.78 is 2.49. The summed E-state index contributed by atoms with van der Waals surface area (Å²) in [6.45, 7) is 5.79. The number of nitrogens with zero attached hydrogens (tertiary/aromatic N) is 1. The highest BCUT2D eigenvalue weighted by atomic mass is 32.2. The van der Waals surface area contributed by atoms with Crippen molar-refractivity contribution in [1.82, 2.24) is 0 Å². The van der Waals surface area contributed by atoms with E-state index in [1.54, 1.807) is 0 Å². The minimum Gasteiger partial charge on any atom is -0.193 e. The van der Waals surface area contributed by atoms with Crippen molar-refractivity contribution in [2.24, 2.45) is 0 Å².